The molecular weight excluding hydrogens is 76.0 g/mol. The molecular formula is H5NNa2O+2. The van der Waals surface area contributed by atoms with Crippen molar-refractivity contribution < 1.29 is 64.6 Å². The smallest absolute Gasteiger partial charge is 0.412 e. The summed E-state index contributed by atoms with van der Waals surface area (Å²) in [5.41, 5.74) is 0. The van der Waals surface area contributed by atoms with Gasteiger partial charge in [-0.15, -0.1) is 0 Å². The van der Waals surface area contributed by atoms with E-state index in [1.807, 2.05) is 0 Å². The fraction of sp³-hybridized carbons (Fsp3) is 0. The molecule has 0 aromatic rings. The summed E-state index contributed by atoms with van der Waals surface area (Å²) in [6.07, 6.45) is 0. The van der Waals surface area contributed by atoms with Crippen LogP contribution in [-0.2, 0) is 0 Å². The normalized spacial score (nSPS) is 0. The minimum absolute atomic E-state index is 0. The van der Waals surface area contributed by atoms with Crippen LogP contribution in [0, 0.1) is 0 Å². The predicted molar refractivity (Wildman–Crippen MR) is 8.64 cm³/mol. The van der Waals surface area contributed by atoms with Crippen LogP contribution in [0.15, 0.2) is 0 Å². The van der Waals surface area contributed by atoms with Gasteiger partial charge in [0.1, 0.15) is 0 Å². The third-order valence-electron chi connectivity index (χ3n) is 0. The Balaban J connectivity index is 0. The summed E-state index contributed by atoms with van der Waals surface area (Å²) in [4.78, 5) is 0. The third-order valence-corrected chi connectivity index (χ3v) is 0. The van der Waals surface area contributed by atoms with Gasteiger partial charge in [0, 0.05) is 0 Å². The molecule has 5 N–H and O–H groups in total. The van der Waals surface area contributed by atoms with Crippen LogP contribution in [0.5, 0.6) is 0 Å². The van der Waals surface area contributed by atoms with Gasteiger partial charge in [-0.05, 0) is 0 Å². The molecule has 0 fully saturated rings. The number of hydrogen-bond acceptors (Lipinski definition) is 1. The molecule has 0 aliphatic rings. The first kappa shape index (κ1) is 38.9. The summed E-state index contributed by atoms with van der Waals surface area (Å²) < 4.78 is 0. The second-order valence-corrected chi connectivity index (χ2v) is 0. The van der Waals surface area contributed by atoms with Crippen LogP contribution in [0.1, 0.15) is 0 Å². The maximum atomic E-state index is 0. The summed E-state index contributed by atoms with van der Waals surface area (Å²) in [5.74, 6) is 0. The van der Waals surface area contributed by atoms with Gasteiger partial charge in [0.05, 0.1) is 0 Å². The van der Waals surface area contributed by atoms with Crippen molar-refractivity contribution in [3.05, 3.63) is 0 Å². The molecule has 0 spiro atoms. The van der Waals surface area contributed by atoms with Crippen LogP contribution >= 0.6 is 0 Å². The molecule has 0 aromatic carbocycles. The number of rotatable bonds is 0. The summed E-state index contributed by atoms with van der Waals surface area (Å²) in [6.45, 7) is 0. The molecule has 0 heterocycles. The van der Waals surface area contributed by atoms with Gasteiger partial charge >= 0.3 is 59.1 Å². The molecule has 4 heavy (non-hydrogen) atoms. The molecule has 0 rings (SSSR count). The molecule has 0 bridgehead atoms. The Labute approximate surface area is 69.8 Å². The van der Waals surface area contributed by atoms with Gasteiger partial charge in [0.25, 0.3) is 0 Å². The molecule has 2 nitrogen and oxygen atoms in total. The van der Waals surface area contributed by atoms with E-state index in [0.717, 1.165) is 0 Å². The predicted octanol–water partition coefficient (Wildman–Crippen LogP) is -6.65. The van der Waals surface area contributed by atoms with Crippen molar-refractivity contribution in [2.45, 2.75) is 0 Å². The fourth-order valence-electron chi connectivity index (χ4n) is 0. The minimum atomic E-state index is 0. The molecule has 0 aromatic heterocycles. The minimum Gasteiger partial charge on any atom is -0.412 e. The SMILES string of the molecule is N.O.[Na+].[Na+]. The van der Waals surface area contributed by atoms with Crippen molar-refractivity contribution in [3.63, 3.8) is 0 Å². The molecule has 4 heteroatoms. The molecule has 0 radical (unpaired) electrons. The molecule has 16 valence electrons. The molecule has 0 saturated carbocycles. The largest absolute Gasteiger partial charge is 1.00 e. The van der Waals surface area contributed by atoms with Crippen LogP contribution < -0.4 is 65.3 Å². The zero-order valence-electron chi connectivity index (χ0n) is 3.21. The van der Waals surface area contributed by atoms with E-state index in [1.54, 1.807) is 0 Å². The first-order chi connectivity index (χ1) is 0. The van der Waals surface area contributed by atoms with Gasteiger partial charge in [-0.2, -0.15) is 0 Å². The van der Waals surface area contributed by atoms with E-state index in [0.29, 0.717) is 0 Å². The Bertz CT molecular complexity index is 6.00. The van der Waals surface area contributed by atoms with E-state index in [2.05, 4.69) is 0 Å². The first-order valence-electron chi connectivity index (χ1n) is 0. The van der Waals surface area contributed by atoms with Crippen LogP contribution in [0.4, 0.5) is 0 Å². The van der Waals surface area contributed by atoms with Crippen LogP contribution in [0.3, 0.4) is 0 Å². The van der Waals surface area contributed by atoms with Gasteiger partial charge < -0.3 is 11.6 Å². The molecule has 0 unspecified atom stereocenters. The van der Waals surface area contributed by atoms with Crippen LogP contribution in [0.2, 0.25) is 0 Å². The average Bonchev–Trinajstić information content (AvgIpc) is 0. The summed E-state index contributed by atoms with van der Waals surface area (Å²) in [5, 5.41) is 0. The zero-order valence-corrected chi connectivity index (χ0v) is 7.21. The van der Waals surface area contributed by atoms with Gasteiger partial charge in [0.2, 0.25) is 0 Å². The van der Waals surface area contributed by atoms with Crippen molar-refractivity contribution in [2.24, 2.45) is 0 Å². The van der Waals surface area contributed by atoms with E-state index in [4.69, 9.17) is 0 Å². The molecule has 0 aliphatic carbocycles. The number of hydrogen-bond donors (Lipinski definition) is 1. The topological polar surface area (TPSA) is 66.5 Å². The van der Waals surface area contributed by atoms with Gasteiger partial charge in [-0.1, -0.05) is 0 Å². The third kappa shape index (κ3) is 9.07. The van der Waals surface area contributed by atoms with E-state index in [1.165, 1.54) is 0 Å². The zero-order chi connectivity index (χ0) is 0. The molecule has 0 atom stereocenters. The van der Waals surface area contributed by atoms with E-state index < -0.39 is 0 Å². The van der Waals surface area contributed by atoms with Crippen LogP contribution in [-0.4, -0.2) is 5.48 Å². The quantitative estimate of drug-likeness (QED) is 0.289. The van der Waals surface area contributed by atoms with Crippen molar-refractivity contribution in [1.29, 1.82) is 0 Å². The van der Waals surface area contributed by atoms with Gasteiger partial charge in [-0.25, -0.2) is 0 Å². The Morgan fingerprint density at radius 1 is 0.750 bits per heavy atom. The molecule has 0 aliphatic heterocycles. The second-order valence-electron chi connectivity index (χ2n) is 0. The standard InChI is InChI=1S/H3N.2Na.H2O/h1H3;;;1H2/q;2*+1;. The molecule has 0 amide bonds. The summed E-state index contributed by atoms with van der Waals surface area (Å²) in [7, 11) is 0. The maximum absolute atomic E-state index is 0. The summed E-state index contributed by atoms with van der Waals surface area (Å²) in [6, 6.07) is 0. The van der Waals surface area contributed by atoms with Gasteiger partial charge in [-0.3, -0.25) is 0 Å². The van der Waals surface area contributed by atoms with Gasteiger partial charge in [0.15, 0.2) is 0 Å². The van der Waals surface area contributed by atoms with Crippen molar-refractivity contribution in [1.82, 2.24) is 6.15 Å². The van der Waals surface area contributed by atoms with E-state index in [-0.39, 0.29) is 70.7 Å². The molecule has 0 saturated heterocycles. The fourth-order valence-corrected chi connectivity index (χ4v) is 0. The Kier molecular flexibility index (Phi) is 199. The van der Waals surface area contributed by atoms with Crippen molar-refractivity contribution in [3.8, 4) is 0 Å². The summed E-state index contributed by atoms with van der Waals surface area (Å²) >= 11 is 0. The van der Waals surface area contributed by atoms with E-state index >= 15 is 0 Å². The Morgan fingerprint density at radius 2 is 0.750 bits per heavy atom. The Hall–Kier alpha value is 1.92. The monoisotopic (exact) mass is 81.0 g/mol. The van der Waals surface area contributed by atoms with Crippen molar-refractivity contribution in [2.75, 3.05) is 0 Å². The average molecular weight is 81.0 g/mol. The second kappa shape index (κ2) is 20.5. The Morgan fingerprint density at radius 3 is 0.750 bits per heavy atom. The maximum Gasteiger partial charge on any atom is 1.00 e. The van der Waals surface area contributed by atoms with Crippen LogP contribution in [0.25, 0.3) is 0 Å². The van der Waals surface area contributed by atoms with Crippen molar-refractivity contribution >= 4 is 0 Å². The van der Waals surface area contributed by atoms with E-state index in [9.17, 15) is 0 Å². The first-order valence-corrected chi connectivity index (χ1v) is 0.